The lowest BCUT2D eigenvalue weighted by Crippen LogP contribution is -2.13. The third-order valence-electron chi connectivity index (χ3n) is 3.03. The summed E-state index contributed by atoms with van der Waals surface area (Å²) in [5, 5.41) is 10.9. The Kier molecular flexibility index (Phi) is 4.13. The van der Waals surface area contributed by atoms with Crippen molar-refractivity contribution in [3.8, 4) is 5.75 Å². The van der Waals surface area contributed by atoms with E-state index in [-0.39, 0.29) is 17.4 Å². The molecule has 0 aliphatic carbocycles. The fourth-order valence-corrected chi connectivity index (χ4v) is 2.10. The maximum atomic E-state index is 10.9. The van der Waals surface area contributed by atoms with Crippen LogP contribution in [-0.4, -0.2) is 18.6 Å². The molecule has 0 saturated heterocycles. The minimum Gasteiger partial charge on any atom is -0.497 e. The first kappa shape index (κ1) is 13.1. The van der Waals surface area contributed by atoms with E-state index < -0.39 is 0 Å². The Morgan fingerprint density at radius 3 is 2.42 bits per heavy atom. The van der Waals surface area contributed by atoms with Crippen molar-refractivity contribution >= 4 is 0 Å². The van der Waals surface area contributed by atoms with Crippen molar-refractivity contribution in [2.24, 2.45) is 0 Å². The van der Waals surface area contributed by atoms with Crippen LogP contribution in [0.2, 0.25) is 0 Å². The van der Waals surface area contributed by atoms with Crippen LogP contribution in [0.4, 0.5) is 0 Å². The fraction of sp³-hybridized carbons (Fsp3) is 0.200. The minimum absolute atomic E-state index is 0.128. The zero-order chi connectivity index (χ0) is 13.7. The zero-order valence-corrected chi connectivity index (χ0v) is 10.7. The standard InChI is InChI=1S/C15H15NO3/c1-19-14-9-5-8-13(10-14)15(11-16(17)18)12-6-3-2-4-7-12/h2-10,15H,11H2,1H3. The van der Waals surface area contributed by atoms with Gasteiger partial charge < -0.3 is 4.74 Å². The third-order valence-corrected chi connectivity index (χ3v) is 3.03. The van der Waals surface area contributed by atoms with Gasteiger partial charge in [0.05, 0.1) is 13.0 Å². The first-order valence-corrected chi connectivity index (χ1v) is 6.01. The van der Waals surface area contributed by atoms with Gasteiger partial charge in [0.2, 0.25) is 6.54 Å². The van der Waals surface area contributed by atoms with Crippen molar-refractivity contribution in [3.63, 3.8) is 0 Å². The van der Waals surface area contributed by atoms with Crippen LogP contribution in [0.5, 0.6) is 5.75 Å². The van der Waals surface area contributed by atoms with Crippen molar-refractivity contribution in [2.75, 3.05) is 13.7 Å². The molecule has 0 bridgehead atoms. The van der Waals surface area contributed by atoms with Gasteiger partial charge in [-0.2, -0.15) is 0 Å². The summed E-state index contributed by atoms with van der Waals surface area (Å²) in [6.45, 7) is -0.128. The summed E-state index contributed by atoms with van der Waals surface area (Å²) in [5.41, 5.74) is 1.83. The van der Waals surface area contributed by atoms with Gasteiger partial charge >= 0.3 is 0 Å². The lowest BCUT2D eigenvalue weighted by atomic mass is 9.91. The molecule has 4 heteroatoms. The van der Waals surface area contributed by atoms with Crippen molar-refractivity contribution in [3.05, 3.63) is 75.8 Å². The largest absolute Gasteiger partial charge is 0.497 e. The van der Waals surface area contributed by atoms with E-state index in [1.165, 1.54) is 0 Å². The molecule has 1 atom stereocenters. The molecule has 0 radical (unpaired) electrons. The number of hydrogen-bond acceptors (Lipinski definition) is 3. The molecular weight excluding hydrogens is 242 g/mol. The van der Waals surface area contributed by atoms with E-state index in [4.69, 9.17) is 4.74 Å². The molecule has 2 aromatic carbocycles. The van der Waals surface area contributed by atoms with Crippen molar-refractivity contribution in [1.29, 1.82) is 0 Å². The fourth-order valence-electron chi connectivity index (χ4n) is 2.10. The minimum atomic E-state index is -0.281. The van der Waals surface area contributed by atoms with Gasteiger partial charge in [0, 0.05) is 4.92 Å². The molecule has 98 valence electrons. The predicted molar refractivity (Wildman–Crippen MR) is 73.1 cm³/mol. The van der Waals surface area contributed by atoms with Crippen molar-refractivity contribution in [1.82, 2.24) is 0 Å². The van der Waals surface area contributed by atoms with E-state index >= 15 is 0 Å². The number of nitro groups is 1. The monoisotopic (exact) mass is 257 g/mol. The van der Waals surface area contributed by atoms with Gasteiger partial charge in [0.1, 0.15) is 5.75 Å². The van der Waals surface area contributed by atoms with Crippen LogP contribution in [0.25, 0.3) is 0 Å². The summed E-state index contributed by atoms with van der Waals surface area (Å²) in [6.07, 6.45) is 0. The molecule has 0 aromatic heterocycles. The van der Waals surface area contributed by atoms with Gasteiger partial charge in [-0.3, -0.25) is 10.1 Å². The zero-order valence-electron chi connectivity index (χ0n) is 10.7. The second kappa shape index (κ2) is 6.00. The molecule has 0 amide bonds. The van der Waals surface area contributed by atoms with E-state index in [0.717, 1.165) is 11.1 Å². The Balaban J connectivity index is 2.39. The normalized spacial score (nSPS) is 11.8. The van der Waals surface area contributed by atoms with E-state index in [1.807, 2.05) is 54.6 Å². The number of rotatable bonds is 5. The topological polar surface area (TPSA) is 52.4 Å². The van der Waals surface area contributed by atoms with Crippen LogP contribution in [0, 0.1) is 10.1 Å². The highest BCUT2D eigenvalue weighted by molar-refractivity contribution is 5.37. The van der Waals surface area contributed by atoms with Crippen molar-refractivity contribution in [2.45, 2.75) is 5.92 Å². The molecule has 1 unspecified atom stereocenters. The summed E-state index contributed by atoms with van der Waals surface area (Å²) in [7, 11) is 1.59. The Morgan fingerprint density at radius 1 is 1.11 bits per heavy atom. The molecule has 0 saturated carbocycles. The second-order valence-corrected chi connectivity index (χ2v) is 4.26. The molecule has 4 nitrogen and oxygen atoms in total. The van der Waals surface area contributed by atoms with Crippen LogP contribution in [-0.2, 0) is 0 Å². The molecule has 0 N–H and O–H groups in total. The average Bonchev–Trinajstić information content (AvgIpc) is 2.45. The molecule has 2 aromatic rings. The highest BCUT2D eigenvalue weighted by Gasteiger charge is 2.20. The van der Waals surface area contributed by atoms with Gasteiger partial charge in [0.15, 0.2) is 0 Å². The molecule has 0 heterocycles. The van der Waals surface area contributed by atoms with Gasteiger partial charge in [-0.05, 0) is 23.3 Å². The summed E-state index contributed by atoms with van der Waals surface area (Å²) >= 11 is 0. The van der Waals surface area contributed by atoms with Crippen LogP contribution < -0.4 is 4.74 Å². The number of hydrogen-bond donors (Lipinski definition) is 0. The number of ether oxygens (including phenoxy) is 1. The second-order valence-electron chi connectivity index (χ2n) is 4.26. The van der Waals surface area contributed by atoms with Gasteiger partial charge in [-0.15, -0.1) is 0 Å². The molecule has 0 fully saturated rings. The molecule has 0 aliphatic rings. The summed E-state index contributed by atoms with van der Waals surface area (Å²) in [4.78, 5) is 10.6. The summed E-state index contributed by atoms with van der Waals surface area (Å²) in [6, 6.07) is 16.9. The quantitative estimate of drug-likeness (QED) is 0.611. The maximum Gasteiger partial charge on any atom is 0.214 e. The lowest BCUT2D eigenvalue weighted by molar-refractivity contribution is -0.481. The molecular formula is C15H15NO3. The Morgan fingerprint density at radius 2 is 1.79 bits per heavy atom. The van der Waals surface area contributed by atoms with Crippen molar-refractivity contribution < 1.29 is 9.66 Å². The predicted octanol–water partition coefficient (Wildman–Crippen LogP) is 3.10. The summed E-state index contributed by atoms with van der Waals surface area (Å²) < 4.78 is 5.18. The third kappa shape index (κ3) is 3.31. The van der Waals surface area contributed by atoms with Crippen LogP contribution in [0.3, 0.4) is 0 Å². The Bertz CT molecular complexity index is 554. The summed E-state index contributed by atoms with van der Waals surface area (Å²) in [5.74, 6) is 0.452. The number of nitrogens with zero attached hydrogens (tertiary/aromatic N) is 1. The first-order chi connectivity index (χ1) is 9.20. The average molecular weight is 257 g/mol. The van der Waals surface area contributed by atoms with Gasteiger partial charge in [-0.25, -0.2) is 0 Å². The SMILES string of the molecule is COc1cccc(C(C[N+](=O)[O-])c2ccccc2)c1. The lowest BCUT2D eigenvalue weighted by Gasteiger charge is -2.14. The highest BCUT2D eigenvalue weighted by Crippen LogP contribution is 2.27. The van der Waals surface area contributed by atoms with E-state index in [1.54, 1.807) is 7.11 Å². The molecule has 0 aliphatic heterocycles. The van der Waals surface area contributed by atoms with Crippen LogP contribution in [0.1, 0.15) is 17.0 Å². The number of benzene rings is 2. The molecule has 0 spiro atoms. The maximum absolute atomic E-state index is 10.9. The smallest absolute Gasteiger partial charge is 0.214 e. The Labute approximate surface area is 111 Å². The number of methoxy groups -OCH3 is 1. The van der Waals surface area contributed by atoms with E-state index in [2.05, 4.69) is 0 Å². The van der Waals surface area contributed by atoms with E-state index in [9.17, 15) is 10.1 Å². The first-order valence-electron chi connectivity index (χ1n) is 6.01. The molecule has 19 heavy (non-hydrogen) atoms. The molecule has 2 rings (SSSR count). The van der Waals surface area contributed by atoms with Gasteiger partial charge in [0.25, 0.3) is 0 Å². The Hall–Kier alpha value is -2.36. The van der Waals surface area contributed by atoms with Crippen LogP contribution in [0.15, 0.2) is 54.6 Å². The highest BCUT2D eigenvalue weighted by atomic mass is 16.6. The van der Waals surface area contributed by atoms with E-state index in [0.29, 0.717) is 5.75 Å². The van der Waals surface area contributed by atoms with Crippen LogP contribution >= 0.6 is 0 Å². The van der Waals surface area contributed by atoms with Gasteiger partial charge in [-0.1, -0.05) is 42.5 Å².